The Bertz CT molecular complexity index is 770. The maximum Gasteiger partial charge on any atom is 0.274 e. The summed E-state index contributed by atoms with van der Waals surface area (Å²) < 4.78 is 0. The second kappa shape index (κ2) is 5.61. The lowest BCUT2D eigenvalue weighted by Gasteiger charge is -2.23. The Kier molecular flexibility index (Phi) is 3.66. The molecule has 0 unspecified atom stereocenters. The number of carbonyl (C=O) groups is 1. The minimum atomic E-state index is -0.117. The molecule has 0 saturated heterocycles. The first-order valence-corrected chi connectivity index (χ1v) is 7.57. The highest BCUT2D eigenvalue weighted by Crippen LogP contribution is 2.24. The zero-order chi connectivity index (χ0) is 14.8. The molecule has 1 amide bonds. The van der Waals surface area contributed by atoms with Gasteiger partial charge in [-0.1, -0.05) is 18.2 Å². The van der Waals surface area contributed by atoms with Crippen molar-refractivity contribution in [3.8, 4) is 0 Å². The van der Waals surface area contributed by atoms with Gasteiger partial charge < -0.3 is 4.90 Å². The highest BCUT2D eigenvalue weighted by atomic mass is 32.1. The number of amides is 1. The number of para-hydroxylation sites is 2. The molecule has 0 fully saturated rings. The lowest BCUT2D eigenvalue weighted by atomic mass is 10.2. The molecule has 1 atom stereocenters. The molecule has 0 aliphatic rings. The van der Waals surface area contributed by atoms with Gasteiger partial charge in [-0.05, 0) is 30.5 Å². The summed E-state index contributed by atoms with van der Waals surface area (Å²) >= 11 is 1.64. The van der Waals surface area contributed by atoms with Crippen LogP contribution in [0.4, 0.5) is 0 Å². The van der Waals surface area contributed by atoms with Crippen LogP contribution in [0.1, 0.15) is 28.3 Å². The fraction of sp³-hybridized carbons (Fsp3) is 0.188. The Labute approximate surface area is 127 Å². The molecule has 0 aliphatic heterocycles. The van der Waals surface area contributed by atoms with Crippen molar-refractivity contribution in [2.45, 2.75) is 13.0 Å². The maximum atomic E-state index is 12.6. The van der Waals surface area contributed by atoms with Gasteiger partial charge in [-0.2, -0.15) is 0 Å². The van der Waals surface area contributed by atoms with Crippen LogP contribution in [0.3, 0.4) is 0 Å². The zero-order valence-electron chi connectivity index (χ0n) is 11.9. The fourth-order valence-corrected chi connectivity index (χ4v) is 2.96. The predicted molar refractivity (Wildman–Crippen MR) is 84.4 cm³/mol. The molecule has 0 bridgehead atoms. The van der Waals surface area contributed by atoms with E-state index in [4.69, 9.17) is 0 Å². The minimum absolute atomic E-state index is 0.0192. The van der Waals surface area contributed by atoms with E-state index in [9.17, 15) is 4.79 Å². The van der Waals surface area contributed by atoms with Gasteiger partial charge in [-0.15, -0.1) is 11.3 Å². The number of aromatic nitrogens is 2. The van der Waals surface area contributed by atoms with Gasteiger partial charge in [0, 0.05) is 11.9 Å². The molecule has 2 heterocycles. The number of benzene rings is 1. The van der Waals surface area contributed by atoms with Crippen LogP contribution >= 0.6 is 11.3 Å². The lowest BCUT2D eigenvalue weighted by molar-refractivity contribution is 0.0739. The largest absolute Gasteiger partial charge is 0.333 e. The van der Waals surface area contributed by atoms with Crippen LogP contribution in [0.25, 0.3) is 11.0 Å². The van der Waals surface area contributed by atoms with Crippen LogP contribution in [0, 0.1) is 0 Å². The van der Waals surface area contributed by atoms with Crippen molar-refractivity contribution in [3.05, 3.63) is 58.5 Å². The third-order valence-electron chi connectivity index (χ3n) is 3.52. The smallest absolute Gasteiger partial charge is 0.274 e. The summed E-state index contributed by atoms with van der Waals surface area (Å²) in [5.41, 5.74) is 1.91. The zero-order valence-corrected chi connectivity index (χ0v) is 12.7. The Hall–Kier alpha value is -2.27. The number of rotatable bonds is 3. The van der Waals surface area contributed by atoms with Gasteiger partial charge >= 0.3 is 0 Å². The molecule has 3 aromatic rings. The van der Waals surface area contributed by atoms with Gasteiger partial charge in [0.15, 0.2) is 0 Å². The molecule has 0 saturated carbocycles. The van der Waals surface area contributed by atoms with Crippen LogP contribution in [0.5, 0.6) is 0 Å². The topological polar surface area (TPSA) is 46.1 Å². The normalized spacial score (nSPS) is 12.3. The number of thiophene rings is 1. The quantitative estimate of drug-likeness (QED) is 0.743. The van der Waals surface area contributed by atoms with Crippen LogP contribution in [0.15, 0.2) is 48.0 Å². The van der Waals surface area contributed by atoms with Crippen molar-refractivity contribution in [2.24, 2.45) is 0 Å². The van der Waals surface area contributed by atoms with Crippen LogP contribution in [-0.4, -0.2) is 27.8 Å². The van der Waals surface area contributed by atoms with E-state index in [1.807, 2.05) is 48.7 Å². The van der Waals surface area contributed by atoms with Crippen molar-refractivity contribution in [1.82, 2.24) is 14.9 Å². The number of hydrogen-bond donors (Lipinski definition) is 0. The third kappa shape index (κ3) is 2.64. The highest BCUT2D eigenvalue weighted by Gasteiger charge is 2.21. The summed E-state index contributed by atoms with van der Waals surface area (Å²) in [6.45, 7) is 2.01. The second-order valence-electron chi connectivity index (χ2n) is 4.85. The molecule has 2 aromatic heterocycles. The summed E-state index contributed by atoms with van der Waals surface area (Å²) in [6, 6.07) is 11.6. The average Bonchev–Trinajstić information content (AvgIpc) is 3.06. The van der Waals surface area contributed by atoms with E-state index in [0.717, 1.165) is 15.9 Å². The summed E-state index contributed by atoms with van der Waals surface area (Å²) in [4.78, 5) is 24.1. The number of carbonyl (C=O) groups excluding carboxylic acids is 1. The Morgan fingerprint density at radius 1 is 1.19 bits per heavy atom. The number of hydrogen-bond acceptors (Lipinski definition) is 4. The molecule has 1 aromatic carbocycles. The second-order valence-corrected chi connectivity index (χ2v) is 5.83. The van der Waals surface area contributed by atoms with Crippen molar-refractivity contribution in [1.29, 1.82) is 0 Å². The van der Waals surface area contributed by atoms with Crippen molar-refractivity contribution in [3.63, 3.8) is 0 Å². The monoisotopic (exact) mass is 297 g/mol. The Balaban J connectivity index is 1.89. The van der Waals surface area contributed by atoms with Crippen LogP contribution < -0.4 is 0 Å². The lowest BCUT2D eigenvalue weighted by Crippen LogP contribution is -2.30. The van der Waals surface area contributed by atoms with Gasteiger partial charge in [-0.3, -0.25) is 9.78 Å². The van der Waals surface area contributed by atoms with E-state index in [1.165, 1.54) is 0 Å². The standard InChI is InChI=1S/C16H15N3OS/c1-11(15-8-5-9-21-15)19(2)16(20)14-10-17-12-6-3-4-7-13(12)18-14/h3-11H,1-2H3/t11-/m0/s1. The van der Waals surface area contributed by atoms with E-state index >= 15 is 0 Å². The molecule has 0 radical (unpaired) electrons. The van der Waals surface area contributed by atoms with E-state index in [-0.39, 0.29) is 11.9 Å². The van der Waals surface area contributed by atoms with Gasteiger partial charge in [0.05, 0.1) is 23.3 Å². The van der Waals surface area contributed by atoms with Crippen molar-refractivity contribution >= 4 is 28.3 Å². The van der Waals surface area contributed by atoms with E-state index in [0.29, 0.717) is 5.69 Å². The molecule has 3 rings (SSSR count). The van der Waals surface area contributed by atoms with Gasteiger partial charge in [-0.25, -0.2) is 4.98 Å². The van der Waals surface area contributed by atoms with Crippen molar-refractivity contribution < 1.29 is 4.79 Å². The van der Waals surface area contributed by atoms with Gasteiger partial charge in [0.2, 0.25) is 0 Å². The van der Waals surface area contributed by atoms with Gasteiger partial charge in [0.25, 0.3) is 5.91 Å². The number of fused-ring (bicyclic) bond motifs is 1. The van der Waals surface area contributed by atoms with Crippen LogP contribution in [0.2, 0.25) is 0 Å². The summed E-state index contributed by atoms with van der Waals surface area (Å²) in [5.74, 6) is -0.117. The van der Waals surface area contributed by atoms with Gasteiger partial charge in [0.1, 0.15) is 5.69 Å². The first kappa shape index (κ1) is 13.7. The van der Waals surface area contributed by atoms with E-state index in [1.54, 1.807) is 29.5 Å². The molecule has 0 aliphatic carbocycles. The summed E-state index contributed by atoms with van der Waals surface area (Å²) in [7, 11) is 1.80. The SMILES string of the molecule is C[C@@H](c1cccs1)N(C)C(=O)c1cnc2ccccc2n1. The first-order chi connectivity index (χ1) is 10.2. The first-order valence-electron chi connectivity index (χ1n) is 6.69. The maximum absolute atomic E-state index is 12.6. The molecule has 5 heteroatoms. The Morgan fingerprint density at radius 3 is 2.67 bits per heavy atom. The van der Waals surface area contributed by atoms with Crippen LogP contribution in [-0.2, 0) is 0 Å². The van der Waals surface area contributed by atoms with Crippen molar-refractivity contribution in [2.75, 3.05) is 7.05 Å². The molecule has 0 spiro atoms. The molecule has 106 valence electrons. The summed E-state index contributed by atoms with van der Waals surface area (Å²) in [5, 5.41) is 2.01. The molecule has 21 heavy (non-hydrogen) atoms. The fourth-order valence-electron chi connectivity index (χ4n) is 2.14. The Morgan fingerprint density at radius 2 is 1.95 bits per heavy atom. The van der Waals surface area contributed by atoms with E-state index < -0.39 is 0 Å². The number of nitrogens with zero attached hydrogens (tertiary/aromatic N) is 3. The predicted octanol–water partition coefficient (Wildman–Crippen LogP) is 3.52. The molecule has 4 nitrogen and oxygen atoms in total. The molecular weight excluding hydrogens is 282 g/mol. The molecule has 0 N–H and O–H groups in total. The van der Waals surface area contributed by atoms with E-state index in [2.05, 4.69) is 9.97 Å². The summed E-state index contributed by atoms with van der Waals surface area (Å²) in [6.07, 6.45) is 1.54. The molecular formula is C16H15N3OS. The highest BCUT2D eigenvalue weighted by molar-refractivity contribution is 7.10. The average molecular weight is 297 g/mol. The minimum Gasteiger partial charge on any atom is -0.333 e. The third-order valence-corrected chi connectivity index (χ3v) is 4.57.